The quantitative estimate of drug-likeness (QED) is 0.509. The second kappa shape index (κ2) is 5.01. The third kappa shape index (κ3) is 1.91. The van der Waals surface area contributed by atoms with Crippen molar-refractivity contribution in [3.8, 4) is 11.3 Å². The molecule has 4 bridgehead atoms. The molecule has 2 aromatic rings. The molecule has 0 amide bonds. The molecule has 1 aromatic heterocycles. The first-order valence-electron chi connectivity index (χ1n) is 8.92. The van der Waals surface area contributed by atoms with Crippen LogP contribution in [0.2, 0.25) is 0 Å². The van der Waals surface area contributed by atoms with Crippen LogP contribution >= 0.6 is 0 Å². The van der Waals surface area contributed by atoms with Crippen LogP contribution in [-0.4, -0.2) is 4.98 Å². The Morgan fingerprint density at radius 2 is 1.39 bits per heavy atom. The van der Waals surface area contributed by atoms with Gasteiger partial charge in [0.05, 0.1) is 0 Å². The minimum absolute atomic E-state index is 0. The maximum Gasteiger partial charge on any atom is 0.0198 e. The molecule has 1 aromatic carbocycles. The minimum atomic E-state index is 0. The van der Waals surface area contributed by atoms with Gasteiger partial charge in [-0.05, 0) is 72.6 Å². The van der Waals surface area contributed by atoms with E-state index in [2.05, 4.69) is 30.5 Å². The van der Waals surface area contributed by atoms with Crippen LogP contribution in [0.1, 0.15) is 84.5 Å². The Labute approximate surface area is 151 Å². The first-order chi connectivity index (χ1) is 10.9. The minimum Gasteiger partial charge on any atom is -0.304 e. The summed E-state index contributed by atoms with van der Waals surface area (Å²) in [5.74, 6) is 3.27. The fourth-order valence-electron chi connectivity index (χ4n) is 5.79. The second-order valence-corrected chi connectivity index (χ2v) is 7.87. The Morgan fingerprint density at radius 1 is 0.783 bits per heavy atom. The maximum absolute atomic E-state index is 4.80. The van der Waals surface area contributed by atoms with Crippen molar-refractivity contribution in [2.45, 2.75) is 62.2 Å². The molecular formula is C21H20IrN-. The fourth-order valence-corrected chi connectivity index (χ4v) is 5.79. The van der Waals surface area contributed by atoms with E-state index in [1.54, 1.807) is 22.3 Å². The van der Waals surface area contributed by atoms with Crippen LogP contribution < -0.4 is 0 Å². The van der Waals surface area contributed by atoms with Crippen LogP contribution in [0.3, 0.4) is 0 Å². The van der Waals surface area contributed by atoms with Gasteiger partial charge in [0, 0.05) is 26.3 Å². The number of hydrogen-bond donors (Lipinski definition) is 0. The summed E-state index contributed by atoms with van der Waals surface area (Å²) in [6.45, 7) is 0. The summed E-state index contributed by atoms with van der Waals surface area (Å²) in [5, 5.41) is 0. The van der Waals surface area contributed by atoms with Gasteiger partial charge in [0.25, 0.3) is 0 Å². The number of fused-ring (bicyclic) bond motifs is 10. The van der Waals surface area contributed by atoms with Crippen LogP contribution in [0.5, 0.6) is 0 Å². The Kier molecular flexibility index (Phi) is 3.13. The number of hydrogen-bond acceptors (Lipinski definition) is 1. The molecule has 1 nitrogen and oxygen atoms in total. The molecule has 119 valence electrons. The molecule has 0 N–H and O–H groups in total. The van der Waals surface area contributed by atoms with Crippen LogP contribution in [0.25, 0.3) is 11.3 Å². The van der Waals surface area contributed by atoms with Gasteiger partial charge in [-0.3, -0.25) is 0 Å². The zero-order valence-corrected chi connectivity index (χ0v) is 15.5. The van der Waals surface area contributed by atoms with E-state index in [0.29, 0.717) is 0 Å². The SMILES string of the molecule is [Ir].[c-]1cc2c(cc1-c1cc3c(cn1)C1CCC3C1)C1CCC2C1. The van der Waals surface area contributed by atoms with E-state index < -0.39 is 0 Å². The van der Waals surface area contributed by atoms with E-state index in [1.165, 1.54) is 44.1 Å². The molecule has 4 atom stereocenters. The van der Waals surface area contributed by atoms with Crippen LogP contribution in [0, 0.1) is 6.07 Å². The molecule has 2 heteroatoms. The molecule has 2 fully saturated rings. The third-order valence-electron chi connectivity index (χ3n) is 6.89. The molecule has 2 saturated carbocycles. The van der Waals surface area contributed by atoms with Gasteiger partial charge in [-0.15, -0.1) is 34.9 Å². The standard InChI is InChI=1S/C21H20N.Ir/c1-2-13-7-12(1)17-6-5-16(9-18(13)17)21-10-19-14-3-4-15(8-14)20(19)11-22-21;/h6,9-15H,1-4,7-8H2;/q-1;. The van der Waals surface area contributed by atoms with Crippen molar-refractivity contribution in [1.82, 2.24) is 4.98 Å². The predicted octanol–water partition coefficient (Wildman–Crippen LogP) is 5.28. The molecule has 1 heterocycles. The van der Waals surface area contributed by atoms with Gasteiger partial charge in [-0.1, -0.05) is 12.5 Å². The predicted molar refractivity (Wildman–Crippen MR) is 87.2 cm³/mol. The van der Waals surface area contributed by atoms with Crippen molar-refractivity contribution >= 4 is 0 Å². The average Bonchev–Trinajstić information content (AvgIpc) is 3.34. The van der Waals surface area contributed by atoms with Gasteiger partial charge in [-0.2, -0.15) is 0 Å². The molecule has 0 spiro atoms. The van der Waals surface area contributed by atoms with E-state index >= 15 is 0 Å². The summed E-state index contributed by atoms with van der Waals surface area (Å²) < 4.78 is 0. The topological polar surface area (TPSA) is 12.9 Å². The maximum atomic E-state index is 4.80. The largest absolute Gasteiger partial charge is 0.304 e. The normalized spacial score (nSPS) is 31.8. The van der Waals surface area contributed by atoms with Crippen molar-refractivity contribution < 1.29 is 20.1 Å². The Morgan fingerprint density at radius 3 is 2.13 bits per heavy atom. The first kappa shape index (κ1) is 14.4. The number of pyridine rings is 1. The van der Waals surface area contributed by atoms with Crippen molar-refractivity contribution in [3.63, 3.8) is 0 Å². The Bertz CT molecular complexity index is 729. The van der Waals surface area contributed by atoms with Crippen LogP contribution in [0.15, 0.2) is 24.4 Å². The smallest absolute Gasteiger partial charge is 0.0198 e. The van der Waals surface area contributed by atoms with Gasteiger partial charge in [0.15, 0.2) is 0 Å². The van der Waals surface area contributed by atoms with Crippen molar-refractivity contribution in [2.75, 3.05) is 0 Å². The molecule has 0 saturated heterocycles. The molecular weight excluding hydrogens is 458 g/mol. The number of nitrogens with zero attached hydrogens (tertiary/aromatic N) is 1. The van der Waals surface area contributed by atoms with E-state index in [4.69, 9.17) is 4.98 Å². The van der Waals surface area contributed by atoms with Gasteiger partial charge in [0.1, 0.15) is 0 Å². The van der Waals surface area contributed by atoms with Crippen LogP contribution in [0.4, 0.5) is 0 Å². The summed E-state index contributed by atoms with van der Waals surface area (Å²) in [5.41, 5.74) is 8.69. The first-order valence-corrected chi connectivity index (χ1v) is 8.92. The summed E-state index contributed by atoms with van der Waals surface area (Å²) in [4.78, 5) is 4.80. The number of rotatable bonds is 1. The molecule has 1 radical (unpaired) electrons. The summed E-state index contributed by atoms with van der Waals surface area (Å²) >= 11 is 0. The number of benzene rings is 1. The van der Waals surface area contributed by atoms with Crippen molar-refractivity contribution in [3.05, 3.63) is 52.7 Å². The molecule has 4 aliphatic carbocycles. The molecule has 0 aliphatic heterocycles. The van der Waals surface area contributed by atoms with Crippen molar-refractivity contribution in [2.24, 2.45) is 0 Å². The zero-order chi connectivity index (χ0) is 14.3. The molecule has 4 unspecified atom stereocenters. The van der Waals surface area contributed by atoms with Crippen molar-refractivity contribution in [1.29, 1.82) is 0 Å². The van der Waals surface area contributed by atoms with Gasteiger partial charge in [0.2, 0.25) is 0 Å². The van der Waals surface area contributed by atoms with E-state index in [1.807, 2.05) is 0 Å². The van der Waals surface area contributed by atoms with Gasteiger partial charge in [-0.25, -0.2) is 0 Å². The van der Waals surface area contributed by atoms with E-state index in [0.717, 1.165) is 29.4 Å². The average molecular weight is 479 g/mol. The summed E-state index contributed by atoms with van der Waals surface area (Å²) in [7, 11) is 0. The molecule has 23 heavy (non-hydrogen) atoms. The second-order valence-electron chi connectivity index (χ2n) is 7.87. The molecule has 6 rings (SSSR count). The monoisotopic (exact) mass is 479 g/mol. The van der Waals surface area contributed by atoms with Gasteiger partial charge >= 0.3 is 0 Å². The van der Waals surface area contributed by atoms with E-state index in [9.17, 15) is 0 Å². The Hall–Kier alpha value is -0.981. The zero-order valence-electron chi connectivity index (χ0n) is 13.1. The summed E-state index contributed by atoms with van der Waals surface area (Å²) in [6, 6.07) is 10.6. The summed E-state index contributed by atoms with van der Waals surface area (Å²) in [6.07, 6.45) is 10.5. The van der Waals surface area contributed by atoms with Crippen LogP contribution in [-0.2, 0) is 20.1 Å². The molecule has 4 aliphatic rings. The Balaban J connectivity index is 0.00000121. The van der Waals surface area contributed by atoms with Gasteiger partial charge < -0.3 is 4.98 Å². The fraction of sp³-hybridized carbons (Fsp3) is 0.476. The van der Waals surface area contributed by atoms with E-state index in [-0.39, 0.29) is 20.1 Å². The third-order valence-corrected chi connectivity index (χ3v) is 6.89. The number of aromatic nitrogens is 1.